The molecule has 0 N–H and O–H groups in total. The summed E-state index contributed by atoms with van der Waals surface area (Å²) in [5, 5.41) is 2.54. The van der Waals surface area contributed by atoms with E-state index >= 15 is 0 Å². The lowest BCUT2D eigenvalue weighted by atomic mass is 9.69. The Morgan fingerprint density at radius 3 is 1.47 bits per heavy atom. The molecule has 11 rings (SSSR count). The molecule has 0 saturated carbocycles. The van der Waals surface area contributed by atoms with Crippen LogP contribution in [0.5, 0.6) is 0 Å². The molecule has 8 aromatic carbocycles. The Morgan fingerprint density at radius 2 is 0.881 bits per heavy atom. The fourth-order valence-corrected chi connectivity index (χ4v) is 10.4. The van der Waals surface area contributed by atoms with Crippen LogP contribution < -0.4 is 4.90 Å². The molecule has 2 aliphatic rings. The van der Waals surface area contributed by atoms with Crippen molar-refractivity contribution in [2.24, 2.45) is 0 Å². The minimum Gasteiger partial charge on any atom is -0.310 e. The number of fused-ring (bicyclic) bond motifs is 13. The van der Waals surface area contributed by atoms with E-state index in [0.717, 1.165) is 35.6 Å². The molecule has 2 nitrogen and oxygen atoms in total. The van der Waals surface area contributed by atoms with Crippen LogP contribution in [0.4, 0.5) is 17.1 Å². The average Bonchev–Trinajstić information content (AvgIpc) is 3.90. The Labute approximate surface area is 348 Å². The number of hydrogen-bond donors (Lipinski definition) is 0. The molecule has 1 aromatic heterocycles. The summed E-state index contributed by atoms with van der Waals surface area (Å²) >= 11 is 0. The molecule has 1 spiro atoms. The molecule has 1 heterocycles. The minimum atomic E-state index is -0.442. The monoisotopic (exact) mass is 760 g/mol. The number of nitrogens with zero attached hydrogens (tertiary/aromatic N) is 2. The van der Waals surface area contributed by atoms with Gasteiger partial charge in [-0.3, -0.25) is 0 Å². The molecule has 0 bridgehead atoms. The number of aromatic nitrogens is 1. The maximum absolute atomic E-state index is 2.56. The first-order valence-electron chi connectivity index (χ1n) is 21.5. The molecule has 2 heteroatoms. The van der Waals surface area contributed by atoms with E-state index in [1.165, 1.54) is 77.4 Å². The average molecular weight is 761 g/mol. The largest absolute Gasteiger partial charge is 0.310 e. The van der Waals surface area contributed by atoms with E-state index in [2.05, 4.69) is 219 Å². The van der Waals surface area contributed by atoms with Gasteiger partial charge in [-0.05, 0) is 141 Å². The van der Waals surface area contributed by atoms with Crippen molar-refractivity contribution >= 4 is 38.9 Å². The second kappa shape index (κ2) is 13.7. The van der Waals surface area contributed by atoms with Gasteiger partial charge in [0.05, 0.1) is 16.4 Å². The smallest absolute Gasteiger partial charge is 0.0726 e. The Bertz CT molecular complexity index is 2950. The molecule has 0 radical (unpaired) electrons. The van der Waals surface area contributed by atoms with Gasteiger partial charge in [0.15, 0.2) is 0 Å². The maximum atomic E-state index is 2.56. The van der Waals surface area contributed by atoms with Crippen LogP contribution in [0.2, 0.25) is 0 Å². The third-order valence-electron chi connectivity index (χ3n) is 13.8. The van der Waals surface area contributed by atoms with Crippen molar-refractivity contribution in [1.82, 2.24) is 4.57 Å². The lowest BCUT2D eigenvalue weighted by Crippen LogP contribution is -2.26. The van der Waals surface area contributed by atoms with Gasteiger partial charge >= 0.3 is 0 Å². The third-order valence-corrected chi connectivity index (χ3v) is 13.8. The molecule has 0 aliphatic heterocycles. The van der Waals surface area contributed by atoms with Crippen molar-refractivity contribution in [3.05, 3.63) is 215 Å². The molecule has 0 saturated heterocycles. The minimum absolute atomic E-state index is 0.442. The summed E-state index contributed by atoms with van der Waals surface area (Å²) in [5.41, 5.74) is 20.3. The normalized spacial score (nSPS) is 15.9. The summed E-state index contributed by atoms with van der Waals surface area (Å²) in [4.78, 5) is 2.44. The van der Waals surface area contributed by atoms with E-state index in [-0.39, 0.29) is 0 Å². The zero-order chi connectivity index (χ0) is 39.8. The standard InChI is InChI=1S/C57H48N2/c1-5-37(3)39-24-31-46-47-32-25-40(38(4)6-2)35-53(47)57(52(46)34-39)51-21-13-10-18-45(51)48-33-30-44(36-54(48)57)58(41-16-8-7-9-17-41)42-26-28-43(29-27-42)59-55-22-14-11-19-49(55)50-20-12-15-23-56(50)59/h7-38H,5-6H2,1-4H3. The van der Waals surface area contributed by atoms with Gasteiger partial charge < -0.3 is 9.47 Å². The van der Waals surface area contributed by atoms with Gasteiger partial charge in [-0.15, -0.1) is 0 Å². The van der Waals surface area contributed by atoms with Crippen LogP contribution in [0.25, 0.3) is 49.7 Å². The van der Waals surface area contributed by atoms with Crippen LogP contribution >= 0.6 is 0 Å². The number of rotatable bonds is 8. The van der Waals surface area contributed by atoms with Gasteiger partial charge in [0.1, 0.15) is 0 Å². The van der Waals surface area contributed by atoms with Gasteiger partial charge in [-0.25, -0.2) is 0 Å². The fraction of sp³-hybridized carbons (Fsp3) is 0.158. The predicted molar refractivity (Wildman–Crippen MR) is 249 cm³/mol. The van der Waals surface area contributed by atoms with Crippen LogP contribution in [0.15, 0.2) is 182 Å². The van der Waals surface area contributed by atoms with Crippen LogP contribution in [0.3, 0.4) is 0 Å². The Balaban J connectivity index is 1.13. The zero-order valence-corrected chi connectivity index (χ0v) is 34.3. The lowest BCUT2D eigenvalue weighted by Gasteiger charge is -2.33. The van der Waals surface area contributed by atoms with Gasteiger partial charge in [0.2, 0.25) is 0 Å². The summed E-state index contributed by atoms with van der Waals surface area (Å²) in [6.07, 6.45) is 2.21. The second-order valence-corrected chi connectivity index (χ2v) is 16.8. The molecule has 0 amide bonds. The number of anilines is 3. The van der Waals surface area contributed by atoms with E-state index in [4.69, 9.17) is 0 Å². The van der Waals surface area contributed by atoms with Gasteiger partial charge in [0.25, 0.3) is 0 Å². The Morgan fingerprint density at radius 1 is 0.424 bits per heavy atom. The van der Waals surface area contributed by atoms with Gasteiger partial charge in [-0.2, -0.15) is 0 Å². The van der Waals surface area contributed by atoms with Crippen LogP contribution in [-0.4, -0.2) is 4.57 Å². The molecule has 2 aliphatic carbocycles. The van der Waals surface area contributed by atoms with Crippen LogP contribution in [-0.2, 0) is 5.41 Å². The summed E-state index contributed by atoms with van der Waals surface area (Å²) in [6.45, 7) is 9.36. The van der Waals surface area contributed by atoms with Crippen molar-refractivity contribution in [1.29, 1.82) is 0 Å². The first kappa shape index (κ1) is 35.5. The number of benzene rings is 8. The first-order valence-corrected chi connectivity index (χ1v) is 21.5. The molecule has 0 fully saturated rings. The highest BCUT2D eigenvalue weighted by molar-refractivity contribution is 6.09. The topological polar surface area (TPSA) is 8.17 Å². The quantitative estimate of drug-likeness (QED) is 0.150. The summed E-state index contributed by atoms with van der Waals surface area (Å²) < 4.78 is 2.40. The van der Waals surface area contributed by atoms with E-state index in [9.17, 15) is 0 Å². The molecule has 9 aromatic rings. The fourth-order valence-electron chi connectivity index (χ4n) is 10.4. The highest BCUT2D eigenvalue weighted by atomic mass is 15.1. The zero-order valence-electron chi connectivity index (χ0n) is 34.3. The van der Waals surface area contributed by atoms with E-state index in [1.54, 1.807) is 0 Å². The highest BCUT2D eigenvalue weighted by Gasteiger charge is 2.52. The summed E-state index contributed by atoms with van der Waals surface area (Å²) in [7, 11) is 0. The van der Waals surface area contributed by atoms with Crippen LogP contribution in [0, 0.1) is 0 Å². The van der Waals surface area contributed by atoms with Crippen molar-refractivity contribution < 1.29 is 0 Å². The van der Waals surface area contributed by atoms with Crippen molar-refractivity contribution in [2.75, 3.05) is 4.90 Å². The molecule has 2 atom stereocenters. The van der Waals surface area contributed by atoms with Crippen molar-refractivity contribution in [3.63, 3.8) is 0 Å². The molecule has 2 unspecified atom stereocenters. The van der Waals surface area contributed by atoms with E-state index in [1.807, 2.05) is 0 Å². The highest BCUT2D eigenvalue weighted by Crippen LogP contribution is 2.64. The lowest BCUT2D eigenvalue weighted by molar-refractivity contribution is 0.719. The second-order valence-electron chi connectivity index (χ2n) is 16.8. The van der Waals surface area contributed by atoms with E-state index < -0.39 is 5.41 Å². The predicted octanol–water partition coefficient (Wildman–Crippen LogP) is 15.6. The SMILES string of the molecule is CCC(C)c1ccc2c(c1)C1(c3ccccc3-c3ccc(N(c4ccccc4)c4ccc(-n5c6ccccc6c6ccccc65)cc4)cc31)c1cc(C(C)CC)ccc1-2. The maximum Gasteiger partial charge on any atom is 0.0726 e. The number of hydrogen-bond acceptors (Lipinski definition) is 1. The molecule has 59 heavy (non-hydrogen) atoms. The summed E-state index contributed by atoms with van der Waals surface area (Å²) in [5.74, 6) is 0.941. The molecular formula is C57H48N2. The molecular weight excluding hydrogens is 713 g/mol. The number of para-hydroxylation sites is 3. The van der Waals surface area contributed by atoms with Crippen molar-refractivity contribution in [2.45, 2.75) is 57.8 Å². The molecule has 286 valence electrons. The van der Waals surface area contributed by atoms with Gasteiger partial charge in [0, 0.05) is 33.5 Å². The first-order chi connectivity index (χ1) is 29.0. The summed E-state index contributed by atoms with van der Waals surface area (Å²) in [6, 6.07) is 68.7. The Kier molecular flexibility index (Phi) is 8.27. The van der Waals surface area contributed by atoms with Crippen LogP contribution in [0.1, 0.15) is 85.8 Å². The van der Waals surface area contributed by atoms with Crippen molar-refractivity contribution in [3.8, 4) is 27.9 Å². The van der Waals surface area contributed by atoms with E-state index in [0.29, 0.717) is 11.8 Å². The Hall–Kier alpha value is -6.64. The van der Waals surface area contributed by atoms with Gasteiger partial charge in [-0.1, -0.05) is 149 Å². The third kappa shape index (κ3) is 5.18.